The molecule has 0 bridgehead atoms. The first-order valence-electron chi connectivity index (χ1n) is 5.83. The summed E-state index contributed by atoms with van der Waals surface area (Å²) in [5.41, 5.74) is 0.330. The van der Waals surface area contributed by atoms with Gasteiger partial charge in [-0.05, 0) is 25.1 Å². The van der Waals surface area contributed by atoms with E-state index in [-0.39, 0.29) is 11.6 Å². The number of nitrogens with one attached hydrogen (secondary N) is 1. The number of hydrogen-bond donors (Lipinski definition) is 2. The van der Waals surface area contributed by atoms with E-state index in [1.165, 1.54) is 28.8 Å². The molecule has 0 saturated heterocycles. The topological polar surface area (TPSA) is 79.3 Å². The summed E-state index contributed by atoms with van der Waals surface area (Å²) in [5, 5.41) is 14.2. The maximum atomic E-state index is 12.1. The summed E-state index contributed by atoms with van der Waals surface area (Å²) in [6, 6.07) is 4.15. The van der Waals surface area contributed by atoms with Crippen molar-refractivity contribution < 1.29 is 14.7 Å². The molecule has 0 saturated carbocycles. The molecule has 0 fully saturated rings. The van der Waals surface area contributed by atoms with Crippen molar-refractivity contribution >= 4 is 46.4 Å². The molecule has 110 valence electrons. The van der Waals surface area contributed by atoms with Crippen LogP contribution in [-0.2, 0) is 0 Å². The molecule has 21 heavy (non-hydrogen) atoms. The summed E-state index contributed by atoms with van der Waals surface area (Å²) >= 11 is 12.8. The van der Waals surface area contributed by atoms with Crippen LogP contribution in [0.3, 0.4) is 0 Å². The number of aromatic carboxylic acids is 1. The van der Waals surface area contributed by atoms with Crippen molar-refractivity contribution in [2.24, 2.45) is 0 Å². The van der Waals surface area contributed by atoms with E-state index in [1.54, 1.807) is 13.0 Å². The van der Waals surface area contributed by atoms with E-state index in [9.17, 15) is 9.59 Å². The summed E-state index contributed by atoms with van der Waals surface area (Å²) < 4.78 is 0. The minimum atomic E-state index is -1.10. The fraction of sp³-hybridized carbons (Fsp3) is 0.154. The Labute approximate surface area is 134 Å². The highest BCUT2D eigenvalue weighted by Gasteiger charge is 2.17. The number of carboxylic acids is 1. The Balaban J connectivity index is 2.10. The Morgan fingerprint density at radius 3 is 2.62 bits per heavy atom. The van der Waals surface area contributed by atoms with Gasteiger partial charge in [0.05, 0.1) is 16.1 Å². The Morgan fingerprint density at radius 2 is 2.05 bits per heavy atom. The second-order valence-electron chi connectivity index (χ2n) is 4.20. The van der Waals surface area contributed by atoms with Crippen LogP contribution in [0.5, 0.6) is 0 Å². The number of hydrogen-bond acceptors (Lipinski definition) is 4. The summed E-state index contributed by atoms with van der Waals surface area (Å²) in [5.74, 6) is -1.44. The zero-order valence-electron chi connectivity index (χ0n) is 10.8. The third-order valence-electron chi connectivity index (χ3n) is 2.64. The van der Waals surface area contributed by atoms with Crippen molar-refractivity contribution in [1.29, 1.82) is 0 Å². The highest BCUT2D eigenvalue weighted by molar-refractivity contribution is 7.09. The number of halogens is 2. The van der Waals surface area contributed by atoms with Gasteiger partial charge in [0.25, 0.3) is 5.91 Å². The lowest BCUT2D eigenvalue weighted by Crippen LogP contribution is -2.26. The van der Waals surface area contributed by atoms with Crippen LogP contribution in [0.2, 0.25) is 10.0 Å². The van der Waals surface area contributed by atoms with Gasteiger partial charge >= 0.3 is 5.97 Å². The fourth-order valence-electron chi connectivity index (χ4n) is 1.56. The number of aromatic nitrogens is 1. The van der Waals surface area contributed by atoms with E-state index >= 15 is 0 Å². The molecule has 1 unspecified atom stereocenters. The zero-order chi connectivity index (χ0) is 15.6. The quantitative estimate of drug-likeness (QED) is 0.887. The first kappa shape index (κ1) is 15.8. The molecule has 1 atom stereocenters. The molecular weight excluding hydrogens is 335 g/mol. The molecule has 0 aliphatic rings. The Kier molecular flexibility index (Phi) is 4.82. The fourth-order valence-corrected chi connectivity index (χ4v) is 2.66. The van der Waals surface area contributed by atoms with Crippen molar-refractivity contribution in [2.75, 3.05) is 0 Å². The molecule has 0 aliphatic carbocycles. The van der Waals surface area contributed by atoms with Crippen molar-refractivity contribution in [3.63, 3.8) is 0 Å². The van der Waals surface area contributed by atoms with E-state index in [4.69, 9.17) is 28.3 Å². The molecule has 8 heteroatoms. The lowest BCUT2D eigenvalue weighted by atomic mass is 10.2. The monoisotopic (exact) mass is 344 g/mol. The molecular formula is C13H10Cl2N2O3S. The van der Waals surface area contributed by atoms with E-state index < -0.39 is 12.0 Å². The van der Waals surface area contributed by atoms with Crippen LogP contribution >= 0.6 is 34.5 Å². The molecule has 0 aliphatic heterocycles. The predicted molar refractivity (Wildman–Crippen MR) is 81.4 cm³/mol. The van der Waals surface area contributed by atoms with Gasteiger partial charge in [-0.25, -0.2) is 9.78 Å². The Morgan fingerprint density at radius 1 is 1.33 bits per heavy atom. The summed E-state index contributed by atoms with van der Waals surface area (Å²) in [6.07, 6.45) is 0. The molecule has 0 spiro atoms. The van der Waals surface area contributed by atoms with Gasteiger partial charge in [-0.15, -0.1) is 11.3 Å². The van der Waals surface area contributed by atoms with E-state index in [2.05, 4.69) is 10.3 Å². The zero-order valence-corrected chi connectivity index (χ0v) is 13.1. The van der Waals surface area contributed by atoms with Gasteiger partial charge in [-0.1, -0.05) is 23.2 Å². The molecule has 1 amide bonds. The summed E-state index contributed by atoms with van der Waals surface area (Å²) in [6.45, 7) is 1.72. The predicted octanol–water partition coefficient (Wildman–Crippen LogP) is 3.64. The van der Waals surface area contributed by atoms with Gasteiger partial charge in [-0.2, -0.15) is 0 Å². The average molecular weight is 345 g/mol. The number of carbonyl (C=O) groups excluding carboxylic acids is 1. The number of benzene rings is 1. The van der Waals surface area contributed by atoms with Crippen LogP contribution in [0.15, 0.2) is 23.6 Å². The number of amides is 1. The largest absolute Gasteiger partial charge is 0.476 e. The molecule has 2 N–H and O–H groups in total. The highest BCUT2D eigenvalue weighted by atomic mass is 35.5. The minimum Gasteiger partial charge on any atom is -0.476 e. The maximum absolute atomic E-state index is 12.1. The summed E-state index contributed by atoms with van der Waals surface area (Å²) in [4.78, 5) is 26.8. The molecule has 5 nitrogen and oxygen atoms in total. The van der Waals surface area contributed by atoms with Gasteiger partial charge in [-0.3, -0.25) is 4.79 Å². The maximum Gasteiger partial charge on any atom is 0.355 e. The average Bonchev–Trinajstić information content (AvgIpc) is 2.91. The first-order chi connectivity index (χ1) is 9.88. The SMILES string of the molecule is CC(NC(=O)c1ccc(Cl)c(Cl)c1)c1nc(C(=O)O)cs1. The number of nitrogens with zero attached hydrogens (tertiary/aromatic N) is 1. The summed E-state index contributed by atoms with van der Waals surface area (Å²) in [7, 11) is 0. The van der Waals surface area contributed by atoms with Gasteiger partial charge in [0.15, 0.2) is 5.69 Å². The number of carboxylic acid groups (broad SMARTS) is 1. The van der Waals surface area contributed by atoms with Gasteiger partial charge < -0.3 is 10.4 Å². The normalized spacial score (nSPS) is 12.0. The van der Waals surface area contributed by atoms with Crippen LogP contribution in [-0.4, -0.2) is 22.0 Å². The Bertz CT molecular complexity index is 702. The van der Waals surface area contributed by atoms with Crippen molar-refractivity contribution in [1.82, 2.24) is 10.3 Å². The van der Waals surface area contributed by atoms with E-state index in [0.29, 0.717) is 20.6 Å². The standard InChI is InChI=1S/C13H10Cl2N2O3S/c1-6(12-17-10(5-21-12)13(19)20)16-11(18)7-2-3-8(14)9(15)4-7/h2-6H,1H3,(H,16,18)(H,19,20). The minimum absolute atomic E-state index is 0.0364. The second kappa shape index (κ2) is 6.43. The van der Waals surface area contributed by atoms with Crippen LogP contribution in [0.25, 0.3) is 0 Å². The molecule has 1 aromatic carbocycles. The molecule has 2 rings (SSSR count). The van der Waals surface area contributed by atoms with E-state index in [0.717, 1.165) is 0 Å². The first-order valence-corrected chi connectivity index (χ1v) is 7.46. The van der Waals surface area contributed by atoms with Gasteiger partial charge in [0.2, 0.25) is 0 Å². The lowest BCUT2D eigenvalue weighted by Gasteiger charge is -2.11. The van der Waals surface area contributed by atoms with Crippen LogP contribution in [0.4, 0.5) is 0 Å². The molecule has 1 aromatic heterocycles. The number of rotatable bonds is 4. The molecule has 0 radical (unpaired) electrons. The highest BCUT2D eigenvalue weighted by Crippen LogP contribution is 2.23. The second-order valence-corrected chi connectivity index (χ2v) is 5.90. The third kappa shape index (κ3) is 3.72. The van der Waals surface area contributed by atoms with E-state index in [1.807, 2.05) is 0 Å². The van der Waals surface area contributed by atoms with Crippen LogP contribution in [0.1, 0.15) is 38.8 Å². The third-order valence-corrected chi connectivity index (χ3v) is 4.41. The van der Waals surface area contributed by atoms with Gasteiger partial charge in [0.1, 0.15) is 5.01 Å². The molecule has 2 aromatic rings. The number of carbonyl (C=O) groups is 2. The van der Waals surface area contributed by atoms with Gasteiger partial charge in [0, 0.05) is 10.9 Å². The Hall–Kier alpha value is -1.63. The number of thiazole rings is 1. The molecule has 1 heterocycles. The van der Waals surface area contributed by atoms with Crippen molar-refractivity contribution in [3.8, 4) is 0 Å². The lowest BCUT2D eigenvalue weighted by molar-refractivity contribution is 0.0691. The van der Waals surface area contributed by atoms with Crippen molar-refractivity contribution in [3.05, 3.63) is 49.9 Å². The smallest absolute Gasteiger partial charge is 0.355 e. The van der Waals surface area contributed by atoms with Crippen LogP contribution < -0.4 is 5.32 Å². The van der Waals surface area contributed by atoms with Crippen molar-refractivity contribution in [2.45, 2.75) is 13.0 Å². The van der Waals surface area contributed by atoms with Crippen LogP contribution in [0, 0.1) is 0 Å².